The lowest BCUT2D eigenvalue weighted by atomic mass is 10.2. The molecule has 2 aromatic carbocycles. The molecular formula is C17H16N4O3. The third-order valence-electron chi connectivity index (χ3n) is 3.40. The summed E-state index contributed by atoms with van der Waals surface area (Å²) in [5.41, 5.74) is 1.24. The molecule has 1 heterocycles. The van der Waals surface area contributed by atoms with Crippen molar-refractivity contribution in [3.05, 3.63) is 58.9 Å². The van der Waals surface area contributed by atoms with Gasteiger partial charge in [-0.05, 0) is 12.1 Å². The van der Waals surface area contributed by atoms with Crippen molar-refractivity contribution in [2.45, 2.75) is 0 Å². The number of ether oxygens (including phenoxy) is 2. The molecule has 0 amide bonds. The molecule has 0 saturated heterocycles. The summed E-state index contributed by atoms with van der Waals surface area (Å²) < 4.78 is 10.5. The van der Waals surface area contributed by atoms with Gasteiger partial charge in [-0.15, -0.1) is 10.2 Å². The van der Waals surface area contributed by atoms with Gasteiger partial charge in [-0.2, -0.15) is 0 Å². The van der Waals surface area contributed by atoms with Gasteiger partial charge in [0.25, 0.3) is 5.56 Å². The van der Waals surface area contributed by atoms with Crippen molar-refractivity contribution in [2.75, 3.05) is 19.5 Å². The molecule has 2 N–H and O–H groups in total. The van der Waals surface area contributed by atoms with E-state index in [1.807, 2.05) is 18.2 Å². The van der Waals surface area contributed by atoms with Crippen molar-refractivity contribution >= 4 is 11.6 Å². The summed E-state index contributed by atoms with van der Waals surface area (Å²) in [6.45, 7) is 0. The molecule has 24 heavy (non-hydrogen) atoms. The summed E-state index contributed by atoms with van der Waals surface area (Å²) >= 11 is 0. The van der Waals surface area contributed by atoms with E-state index < -0.39 is 0 Å². The lowest BCUT2D eigenvalue weighted by Gasteiger charge is -2.11. The van der Waals surface area contributed by atoms with E-state index in [9.17, 15) is 4.79 Å². The molecule has 7 nitrogen and oxygen atoms in total. The van der Waals surface area contributed by atoms with Gasteiger partial charge in [0.15, 0.2) is 5.69 Å². The van der Waals surface area contributed by atoms with E-state index in [0.29, 0.717) is 22.7 Å². The Kier molecular flexibility index (Phi) is 4.42. The fourth-order valence-electron chi connectivity index (χ4n) is 2.22. The van der Waals surface area contributed by atoms with Crippen molar-refractivity contribution in [3.8, 4) is 22.8 Å². The highest BCUT2D eigenvalue weighted by molar-refractivity contribution is 5.65. The van der Waals surface area contributed by atoms with Crippen molar-refractivity contribution in [2.24, 2.45) is 0 Å². The number of hydrogen-bond acceptors (Lipinski definition) is 6. The number of aromatic amines is 1. The van der Waals surface area contributed by atoms with Gasteiger partial charge in [0.2, 0.25) is 5.95 Å². The first-order chi connectivity index (χ1) is 11.7. The van der Waals surface area contributed by atoms with Crippen LogP contribution in [-0.2, 0) is 0 Å². The zero-order chi connectivity index (χ0) is 16.9. The quantitative estimate of drug-likeness (QED) is 0.750. The molecule has 0 aliphatic heterocycles. The number of H-pyrrole nitrogens is 1. The van der Waals surface area contributed by atoms with Gasteiger partial charge < -0.3 is 14.8 Å². The smallest absolute Gasteiger partial charge is 0.279 e. The van der Waals surface area contributed by atoms with Crippen LogP contribution in [0.5, 0.6) is 11.5 Å². The molecule has 122 valence electrons. The average Bonchev–Trinajstić information content (AvgIpc) is 2.62. The maximum Gasteiger partial charge on any atom is 0.279 e. The molecule has 0 aliphatic rings. The molecule has 7 heteroatoms. The molecule has 0 spiro atoms. The zero-order valence-corrected chi connectivity index (χ0v) is 13.2. The molecule has 1 aromatic heterocycles. The number of aromatic nitrogens is 3. The lowest BCUT2D eigenvalue weighted by molar-refractivity contribution is 0.404. The number of rotatable bonds is 5. The second-order valence-corrected chi connectivity index (χ2v) is 4.91. The lowest BCUT2D eigenvalue weighted by Crippen LogP contribution is -2.15. The van der Waals surface area contributed by atoms with Crippen LogP contribution in [0.2, 0.25) is 0 Å². The van der Waals surface area contributed by atoms with Gasteiger partial charge in [-0.1, -0.05) is 30.3 Å². The van der Waals surface area contributed by atoms with Crippen LogP contribution >= 0.6 is 0 Å². The molecule has 0 unspecified atom stereocenters. The molecule has 0 radical (unpaired) electrons. The Hall–Kier alpha value is -3.35. The Balaban J connectivity index is 1.92. The minimum Gasteiger partial charge on any atom is -0.497 e. The third kappa shape index (κ3) is 3.19. The van der Waals surface area contributed by atoms with E-state index in [-0.39, 0.29) is 17.2 Å². The normalized spacial score (nSPS) is 10.2. The van der Waals surface area contributed by atoms with Crippen molar-refractivity contribution in [3.63, 3.8) is 0 Å². The van der Waals surface area contributed by atoms with Gasteiger partial charge in [-0.25, -0.2) is 0 Å². The van der Waals surface area contributed by atoms with Crippen LogP contribution in [0.1, 0.15) is 0 Å². The third-order valence-corrected chi connectivity index (χ3v) is 3.40. The van der Waals surface area contributed by atoms with E-state index in [4.69, 9.17) is 9.47 Å². The fraction of sp³-hybridized carbons (Fsp3) is 0.118. The average molecular weight is 324 g/mol. The molecule has 0 aliphatic carbocycles. The standard InChI is InChI=1S/C17H16N4O3/c1-23-12-8-9-14(24-2)13(10-12)18-17-19-16(22)15(20-21-17)11-6-4-3-5-7-11/h3-10H,1-2H3,(H2,18,19,21,22). The van der Waals surface area contributed by atoms with Crippen molar-refractivity contribution < 1.29 is 9.47 Å². The number of nitrogens with one attached hydrogen (secondary N) is 2. The summed E-state index contributed by atoms with van der Waals surface area (Å²) in [5, 5.41) is 11.0. The minimum atomic E-state index is -0.333. The number of anilines is 2. The van der Waals surface area contributed by atoms with Crippen LogP contribution in [-0.4, -0.2) is 29.4 Å². The largest absolute Gasteiger partial charge is 0.497 e. The molecular weight excluding hydrogens is 308 g/mol. The maximum atomic E-state index is 12.3. The number of hydrogen-bond donors (Lipinski definition) is 2. The van der Waals surface area contributed by atoms with E-state index in [0.717, 1.165) is 0 Å². The highest BCUT2D eigenvalue weighted by Gasteiger charge is 2.10. The van der Waals surface area contributed by atoms with Crippen molar-refractivity contribution in [1.29, 1.82) is 0 Å². The Morgan fingerprint density at radius 1 is 1.00 bits per heavy atom. The summed E-state index contributed by atoms with van der Waals surface area (Å²) in [6, 6.07) is 14.4. The van der Waals surface area contributed by atoms with Crippen molar-refractivity contribution in [1.82, 2.24) is 15.2 Å². The maximum absolute atomic E-state index is 12.3. The molecule has 0 fully saturated rings. The highest BCUT2D eigenvalue weighted by Crippen LogP contribution is 2.30. The first-order valence-corrected chi connectivity index (χ1v) is 7.22. The predicted octanol–water partition coefficient (Wildman–Crippen LogP) is 2.59. The Morgan fingerprint density at radius 3 is 2.46 bits per heavy atom. The highest BCUT2D eigenvalue weighted by atomic mass is 16.5. The van der Waals surface area contributed by atoms with Crippen LogP contribution < -0.4 is 20.3 Å². The van der Waals surface area contributed by atoms with Crippen LogP contribution in [0.15, 0.2) is 53.3 Å². The zero-order valence-electron chi connectivity index (χ0n) is 13.2. The van der Waals surface area contributed by atoms with Gasteiger partial charge >= 0.3 is 0 Å². The SMILES string of the molecule is COc1ccc(OC)c(Nc2nnc(-c3ccccc3)c(=O)[nH]2)c1. The first-order valence-electron chi connectivity index (χ1n) is 7.22. The molecule has 3 rings (SSSR count). The van der Waals surface area contributed by atoms with E-state index in [2.05, 4.69) is 20.5 Å². The van der Waals surface area contributed by atoms with Crippen LogP contribution in [0, 0.1) is 0 Å². The fourth-order valence-corrected chi connectivity index (χ4v) is 2.22. The van der Waals surface area contributed by atoms with E-state index >= 15 is 0 Å². The van der Waals surface area contributed by atoms with E-state index in [1.54, 1.807) is 44.6 Å². The predicted molar refractivity (Wildman–Crippen MR) is 90.9 cm³/mol. The van der Waals surface area contributed by atoms with Gasteiger partial charge in [0, 0.05) is 11.6 Å². The monoisotopic (exact) mass is 324 g/mol. The minimum absolute atomic E-state index is 0.214. The number of methoxy groups -OCH3 is 2. The summed E-state index contributed by atoms with van der Waals surface area (Å²) in [7, 11) is 3.13. The van der Waals surface area contributed by atoms with Crippen LogP contribution in [0.25, 0.3) is 11.3 Å². The topological polar surface area (TPSA) is 89.1 Å². The number of nitrogens with zero attached hydrogens (tertiary/aromatic N) is 2. The number of benzene rings is 2. The molecule has 0 saturated carbocycles. The van der Waals surface area contributed by atoms with Gasteiger partial charge in [-0.3, -0.25) is 9.78 Å². The van der Waals surface area contributed by atoms with Crippen LogP contribution in [0.3, 0.4) is 0 Å². The van der Waals surface area contributed by atoms with Crippen LogP contribution in [0.4, 0.5) is 11.6 Å². The Bertz CT molecular complexity index is 894. The second-order valence-electron chi connectivity index (χ2n) is 4.91. The Labute approximate surface area is 138 Å². The van der Waals surface area contributed by atoms with E-state index in [1.165, 1.54) is 0 Å². The summed E-state index contributed by atoms with van der Waals surface area (Å²) in [4.78, 5) is 14.9. The molecule has 0 bridgehead atoms. The van der Waals surface area contributed by atoms with Gasteiger partial charge in [0.05, 0.1) is 19.9 Å². The molecule has 3 aromatic rings. The molecule has 0 atom stereocenters. The summed E-state index contributed by atoms with van der Waals surface area (Å²) in [5.74, 6) is 1.45. The van der Waals surface area contributed by atoms with Gasteiger partial charge in [0.1, 0.15) is 11.5 Å². The second kappa shape index (κ2) is 6.82. The first kappa shape index (κ1) is 15.5. The summed E-state index contributed by atoms with van der Waals surface area (Å²) in [6.07, 6.45) is 0. The Morgan fingerprint density at radius 2 is 1.79 bits per heavy atom.